The van der Waals surface area contributed by atoms with Gasteiger partial charge in [0.1, 0.15) is 11.4 Å². The summed E-state index contributed by atoms with van der Waals surface area (Å²) in [6.07, 6.45) is 3.25. The Kier molecular flexibility index (Phi) is 4.49. The molecule has 3 rings (SSSR count). The molecule has 0 atom stereocenters. The van der Waals surface area contributed by atoms with Crippen molar-refractivity contribution in [3.8, 4) is 0 Å². The highest BCUT2D eigenvalue weighted by Crippen LogP contribution is 2.08. The number of nitrogens with one attached hydrogen (secondary N) is 1. The maximum atomic E-state index is 12.1. The highest BCUT2D eigenvalue weighted by Gasteiger charge is 2.10. The second-order valence-corrected chi connectivity index (χ2v) is 4.70. The van der Waals surface area contributed by atoms with Gasteiger partial charge >= 0.3 is 0 Å². The van der Waals surface area contributed by atoms with Crippen molar-refractivity contribution in [3.05, 3.63) is 96.1 Å². The molecule has 5 nitrogen and oxygen atoms in total. The van der Waals surface area contributed by atoms with Crippen molar-refractivity contribution in [2.24, 2.45) is 5.10 Å². The first-order valence-corrected chi connectivity index (χ1v) is 7.10. The number of pyridine rings is 2. The van der Waals surface area contributed by atoms with E-state index in [1.807, 2.05) is 48.5 Å². The third-order valence-electron chi connectivity index (χ3n) is 3.12. The Balaban J connectivity index is 1.91. The van der Waals surface area contributed by atoms with E-state index in [1.165, 1.54) is 0 Å². The maximum absolute atomic E-state index is 12.1. The lowest BCUT2D eigenvalue weighted by Gasteiger charge is -2.07. The molecule has 3 aromatic rings. The zero-order valence-corrected chi connectivity index (χ0v) is 12.3. The van der Waals surface area contributed by atoms with Crippen molar-refractivity contribution >= 4 is 11.6 Å². The van der Waals surface area contributed by atoms with Crippen LogP contribution in [0.25, 0.3) is 0 Å². The molecule has 0 spiro atoms. The number of carbonyl (C=O) groups excluding carboxylic acids is 1. The van der Waals surface area contributed by atoms with Gasteiger partial charge in [-0.05, 0) is 24.3 Å². The van der Waals surface area contributed by atoms with Gasteiger partial charge in [0.2, 0.25) is 0 Å². The molecule has 2 aromatic heterocycles. The van der Waals surface area contributed by atoms with Crippen molar-refractivity contribution < 1.29 is 4.79 Å². The first-order valence-electron chi connectivity index (χ1n) is 7.10. The fourth-order valence-electron chi connectivity index (χ4n) is 2.03. The van der Waals surface area contributed by atoms with Gasteiger partial charge in [0.05, 0.1) is 5.69 Å². The van der Waals surface area contributed by atoms with E-state index in [0.717, 1.165) is 5.56 Å². The molecule has 0 fully saturated rings. The van der Waals surface area contributed by atoms with Crippen LogP contribution in [-0.4, -0.2) is 21.6 Å². The monoisotopic (exact) mass is 302 g/mol. The predicted molar refractivity (Wildman–Crippen MR) is 88.0 cm³/mol. The minimum absolute atomic E-state index is 0.310. The Hall–Kier alpha value is -3.34. The molecule has 0 radical (unpaired) electrons. The quantitative estimate of drug-likeness (QED) is 0.595. The van der Waals surface area contributed by atoms with E-state index in [-0.39, 0.29) is 5.91 Å². The van der Waals surface area contributed by atoms with Gasteiger partial charge in [-0.1, -0.05) is 42.5 Å². The topological polar surface area (TPSA) is 67.2 Å². The Morgan fingerprint density at radius 2 is 1.39 bits per heavy atom. The Bertz CT molecular complexity index is 761. The van der Waals surface area contributed by atoms with E-state index in [2.05, 4.69) is 20.5 Å². The van der Waals surface area contributed by atoms with Gasteiger partial charge in [-0.3, -0.25) is 14.8 Å². The zero-order chi connectivity index (χ0) is 15.9. The number of carbonyl (C=O) groups is 1. The first kappa shape index (κ1) is 14.6. The summed E-state index contributed by atoms with van der Waals surface area (Å²) in [6.45, 7) is 0. The molecular formula is C18H14N4O. The fraction of sp³-hybridized carbons (Fsp3) is 0. The lowest BCUT2D eigenvalue weighted by atomic mass is 10.1. The van der Waals surface area contributed by atoms with Crippen LogP contribution in [0.15, 0.2) is 84.2 Å². The standard InChI is InChI=1S/C18H14N4O/c23-18(16-11-5-7-13-20-16)22-21-17(14-8-2-1-3-9-14)15-10-4-6-12-19-15/h1-13H,(H,22,23)/b21-17-. The van der Waals surface area contributed by atoms with Crippen LogP contribution in [0.4, 0.5) is 0 Å². The van der Waals surface area contributed by atoms with E-state index in [4.69, 9.17) is 0 Å². The fourth-order valence-corrected chi connectivity index (χ4v) is 2.03. The molecule has 112 valence electrons. The molecule has 0 saturated carbocycles. The molecular weight excluding hydrogens is 288 g/mol. The van der Waals surface area contributed by atoms with E-state index in [1.54, 1.807) is 30.6 Å². The lowest BCUT2D eigenvalue weighted by Crippen LogP contribution is -2.21. The molecule has 1 aromatic carbocycles. The number of amides is 1. The summed E-state index contributed by atoms with van der Waals surface area (Å²) in [6, 6.07) is 20.3. The Labute approximate surface area is 133 Å². The minimum Gasteiger partial charge on any atom is -0.266 e. The van der Waals surface area contributed by atoms with Gasteiger partial charge in [-0.2, -0.15) is 5.10 Å². The summed E-state index contributed by atoms with van der Waals surface area (Å²) >= 11 is 0. The molecule has 0 aliphatic heterocycles. The smallest absolute Gasteiger partial charge is 0.266 e. The van der Waals surface area contributed by atoms with E-state index < -0.39 is 0 Å². The van der Waals surface area contributed by atoms with Crippen LogP contribution >= 0.6 is 0 Å². The van der Waals surface area contributed by atoms with Crippen LogP contribution in [0.5, 0.6) is 0 Å². The van der Waals surface area contributed by atoms with Gasteiger partial charge in [-0.15, -0.1) is 0 Å². The lowest BCUT2D eigenvalue weighted by molar-refractivity contribution is 0.0950. The van der Waals surface area contributed by atoms with Gasteiger partial charge in [0.15, 0.2) is 0 Å². The summed E-state index contributed by atoms with van der Waals surface area (Å²) < 4.78 is 0. The predicted octanol–water partition coefficient (Wildman–Crippen LogP) is 2.66. The molecule has 1 amide bonds. The third kappa shape index (κ3) is 3.65. The second-order valence-electron chi connectivity index (χ2n) is 4.70. The number of hydrogen-bond donors (Lipinski definition) is 1. The molecule has 0 saturated heterocycles. The van der Waals surface area contributed by atoms with Crippen LogP contribution < -0.4 is 5.43 Å². The average molecular weight is 302 g/mol. The van der Waals surface area contributed by atoms with Crippen molar-refractivity contribution in [3.63, 3.8) is 0 Å². The Morgan fingerprint density at radius 3 is 2.00 bits per heavy atom. The average Bonchev–Trinajstić information content (AvgIpc) is 2.64. The number of aromatic nitrogens is 2. The SMILES string of the molecule is O=C(N/N=C(/c1ccccc1)c1ccccn1)c1ccccn1. The van der Waals surface area contributed by atoms with E-state index in [0.29, 0.717) is 17.1 Å². The van der Waals surface area contributed by atoms with Gasteiger partial charge in [-0.25, -0.2) is 5.43 Å². The summed E-state index contributed by atoms with van der Waals surface area (Å²) in [5.41, 5.74) is 4.99. The first-order chi connectivity index (χ1) is 11.3. The molecule has 5 heteroatoms. The number of benzene rings is 1. The van der Waals surface area contributed by atoms with Crippen molar-refractivity contribution in [2.45, 2.75) is 0 Å². The summed E-state index contributed by atoms with van der Waals surface area (Å²) in [4.78, 5) is 20.4. The van der Waals surface area contributed by atoms with Gasteiger partial charge < -0.3 is 0 Å². The summed E-state index contributed by atoms with van der Waals surface area (Å²) in [5.74, 6) is -0.366. The molecule has 0 aliphatic carbocycles. The van der Waals surface area contributed by atoms with Crippen molar-refractivity contribution in [1.29, 1.82) is 0 Å². The Morgan fingerprint density at radius 1 is 0.783 bits per heavy atom. The molecule has 0 bridgehead atoms. The minimum atomic E-state index is -0.366. The number of rotatable bonds is 4. The second kappa shape index (κ2) is 7.09. The molecule has 0 aliphatic rings. The highest BCUT2D eigenvalue weighted by molar-refractivity contribution is 6.12. The number of nitrogens with zero attached hydrogens (tertiary/aromatic N) is 3. The third-order valence-corrected chi connectivity index (χ3v) is 3.12. The maximum Gasteiger partial charge on any atom is 0.289 e. The van der Waals surface area contributed by atoms with Crippen LogP contribution in [-0.2, 0) is 0 Å². The van der Waals surface area contributed by atoms with Crippen LogP contribution in [0.1, 0.15) is 21.7 Å². The molecule has 0 unspecified atom stereocenters. The van der Waals surface area contributed by atoms with Crippen LogP contribution in [0.3, 0.4) is 0 Å². The van der Waals surface area contributed by atoms with Crippen molar-refractivity contribution in [1.82, 2.24) is 15.4 Å². The summed E-state index contributed by atoms with van der Waals surface area (Å²) in [5, 5.41) is 4.26. The molecule has 2 heterocycles. The van der Waals surface area contributed by atoms with Crippen molar-refractivity contribution in [2.75, 3.05) is 0 Å². The molecule has 1 N–H and O–H groups in total. The van der Waals surface area contributed by atoms with E-state index >= 15 is 0 Å². The molecule has 23 heavy (non-hydrogen) atoms. The van der Waals surface area contributed by atoms with Crippen LogP contribution in [0.2, 0.25) is 0 Å². The number of hydrogen-bond acceptors (Lipinski definition) is 4. The zero-order valence-electron chi connectivity index (χ0n) is 12.3. The van der Waals surface area contributed by atoms with Crippen LogP contribution in [0, 0.1) is 0 Å². The van der Waals surface area contributed by atoms with E-state index in [9.17, 15) is 4.79 Å². The number of hydrazone groups is 1. The normalized spacial score (nSPS) is 11.0. The van der Waals surface area contributed by atoms with Gasteiger partial charge in [0.25, 0.3) is 5.91 Å². The van der Waals surface area contributed by atoms with Gasteiger partial charge in [0, 0.05) is 18.0 Å². The largest absolute Gasteiger partial charge is 0.289 e. The summed E-state index contributed by atoms with van der Waals surface area (Å²) in [7, 11) is 0. The highest BCUT2D eigenvalue weighted by atomic mass is 16.2.